The second kappa shape index (κ2) is 12.8. The molecule has 3 nitrogen and oxygen atoms in total. The van der Waals surface area contributed by atoms with Gasteiger partial charge in [0.05, 0.1) is 6.61 Å². The van der Waals surface area contributed by atoms with Crippen molar-refractivity contribution in [3.63, 3.8) is 0 Å². The van der Waals surface area contributed by atoms with E-state index in [0.717, 1.165) is 44.9 Å². The molecule has 0 aliphatic carbocycles. The van der Waals surface area contributed by atoms with Gasteiger partial charge in [0.2, 0.25) is 0 Å². The topological polar surface area (TPSA) is 39.4 Å². The van der Waals surface area contributed by atoms with Crippen LogP contribution in [0.2, 0.25) is 0 Å². The highest BCUT2D eigenvalue weighted by Crippen LogP contribution is 2.25. The second-order valence-corrected chi connectivity index (χ2v) is 8.24. The number of aryl methyl sites for hydroxylation is 3. The maximum atomic E-state index is 14.8. The molecule has 0 spiro atoms. The van der Waals surface area contributed by atoms with Crippen molar-refractivity contribution >= 4 is 10.8 Å². The first-order valence-corrected chi connectivity index (χ1v) is 11.8. The van der Waals surface area contributed by atoms with Gasteiger partial charge in [-0.1, -0.05) is 61.9 Å². The summed E-state index contributed by atoms with van der Waals surface area (Å²) in [5, 5.41) is 0.494. The van der Waals surface area contributed by atoms with Gasteiger partial charge in [-0.25, -0.2) is 9.18 Å². The second-order valence-electron chi connectivity index (χ2n) is 8.24. The third kappa shape index (κ3) is 7.18. The number of halogens is 1. The highest BCUT2D eigenvalue weighted by Gasteiger charge is 2.14. The maximum absolute atomic E-state index is 14.8. The number of unbranched alkanes of at least 4 members (excludes halogenated alkanes) is 2. The van der Waals surface area contributed by atoms with Crippen LogP contribution in [0, 0.1) is 5.82 Å². The number of rotatable bonds is 13. The first-order chi connectivity index (χ1) is 16.1. The lowest BCUT2D eigenvalue weighted by atomic mass is 10.0. The number of benzene rings is 2. The number of allylic oxidation sites excluding steroid dienone is 3. The summed E-state index contributed by atoms with van der Waals surface area (Å²) in [4.78, 5) is 12.5. The normalized spacial score (nSPS) is 11.3. The molecule has 1 heterocycles. The zero-order chi connectivity index (χ0) is 23.5. The molecular weight excluding hydrogens is 415 g/mol. The smallest absolute Gasteiger partial charge is 0.346 e. The van der Waals surface area contributed by atoms with E-state index in [1.165, 1.54) is 11.1 Å². The number of hydrogen-bond donors (Lipinski definition) is 0. The molecule has 0 saturated carbocycles. The third-order valence-electron chi connectivity index (χ3n) is 5.63. The van der Waals surface area contributed by atoms with Crippen molar-refractivity contribution in [2.24, 2.45) is 0 Å². The molecule has 0 fully saturated rings. The maximum Gasteiger partial charge on any atom is 0.346 e. The lowest BCUT2D eigenvalue weighted by molar-refractivity contribution is 0.295. The highest BCUT2D eigenvalue weighted by atomic mass is 19.1. The van der Waals surface area contributed by atoms with Crippen LogP contribution >= 0.6 is 0 Å². The van der Waals surface area contributed by atoms with Gasteiger partial charge in [0.1, 0.15) is 11.1 Å². The highest BCUT2D eigenvalue weighted by molar-refractivity contribution is 5.83. The van der Waals surface area contributed by atoms with Crippen molar-refractivity contribution in [3.05, 3.63) is 100 Å². The summed E-state index contributed by atoms with van der Waals surface area (Å²) in [7, 11) is 0. The molecule has 0 aliphatic rings. The molecule has 0 aliphatic heterocycles. The fourth-order valence-electron chi connectivity index (χ4n) is 3.67. The Bertz CT molecular complexity index is 1130. The Morgan fingerprint density at radius 2 is 1.70 bits per heavy atom. The van der Waals surface area contributed by atoms with E-state index in [2.05, 4.69) is 43.0 Å². The minimum Gasteiger partial charge on any atom is -0.490 e. The van der Waals surface area contributed by atoms with E-state index >= 15 is 0 Å². The van der Waals surface area contributed by atoms with E-state index in [1.807, 2.05) is 13.0 Å². The van der Waals surface area contributed by atoms with Crippen molar-refractivity contribution in [2.45, 2.75) is 58.3 Å². The summed E-state index contributed by atoms with van der Waals surface area (Å²) < 4.78 is 25.6. The average Bonchev–Trinajstić information content (AvgIpc) is 2.82. The molecule has 174 valence electrons. The minimum absolute atomic E-state index is 0.0457. The Balaban J connectivity index is 1.59. The van der Waals surface area contributed by atoms with Crippen LogP contribution in [0.1, 0.15) is 55.9 Å². The standard InChI is InChI=1S/C29H33FO3/c1-3-5-7-8-9-10-11-22-12-14-23(15-13-22)16-18-25-21-24-17-19-26(32-20-6-4-2)28(30)27(24)29(31)33-25/h3,8-9,12-15,17,19,21H,1,4-7,10-11,16,18,20H2,2H3/b9-8+. The van der Waals surface area contributed by atoms with Gasteiger partial charge >= 0.3 is 5.63 Å². The molecule has 1 aromatic heterocycles. The van der Waals surface area contributed by atoms with Crippen molar-refractivity contribution in [1.82, 2.24) is 0 Å². The molecule has 2 aromatic carbocycles. The van der Waals surface area contributed by atoms with E-state index in [0.29, 0.717) is 24.2 Å². The molecule has 3 aromatic rings. The Morgan fingerprint density at radius 3 is 2.42 bits per heavy atom. The summed E-state index contributed by atoms with van der Waals surface area (Å²) >= 11 is 0. The average molecular weight is 449 g/mol. The predicted octanol–water partition coefficient (Wildman–Crippen LogP) is 7.35. The van der Waals surface area contributed by atoms with Gasteiger partial charge < -0.3 is 9.15 Å². The predicted molar refractivity (Wildman–Crippen MR) is 134 cm³/mol. The van der Waals surface area contributed by atoms with E-state index in [9.17, 15) is 9.18 Å². The van der Waals surface area contributed by atoms with Gasteiger partial charge in [-0.05, 0) is 67.2 Å². The van der Waals surface area contributed by atoms with E-state index in [4.69, 9.17) is 9.15 Å². The number of fused-ring (bicyclic) bond motifs is 1. The van der Waals surface area contributed by atoms with Gasteiger partial charge in [0.15, 0.2) is 11.6 Å². The van der Waals surface area contributed by atoms with Crippen molar-refractivity contribution in [3.8, 4) is 5.75 Å². The van der Waals surface area contributed by atoms with Crippen LogP contribution in [0.4, 0.5) is 4.39 Å². The summed E-state index contributed by atoms with van der Waals surface area (Å²) in [6.45, 7) is 6.19. The van der Waals surface area contributed by atoms with Crippen LogP contribution in [0.25, 0.3) is 10.8 Å². The van der Waals surface area contributed by atoms with E-state index in [1.54, 1.807) is 18.2 Å². The Morgan fingerprint density at radius 1 is 0.970 bits per heavy atom. The zero-order valence-corrected chi connectivity index (χ0v) is 19.4. The summed E-state index contributed by atoms with van der Waals surface area (Å²) in [5.74, 6) is 0.0127. The van der Waals surface area contributed by atoms with Crippen LogP contribution in [0.5, 0.6) is 5.75 Å². The van der Waals surface area contributed by atoms with Crippen molar-refractivity contribution in [2.75, 3.05) is 6.61 Å². The lowest BCUT2D eigenvalue weighted by Gasteiger charge is -2.09. The Labute approximate surface area is 195 Å². The molecule has 33 heavy (non-hydrogen) atoms. The van der Waals surface area contributed by atoms with Crippen LogP contribution in [-0.4, -0.2) is 6.61 Å². The number of ether oxygens (including phenoxy) is 1. The Kier molecular flexibility index (Phi) is 9.49. The lowest BCUT2D eigenvalue weighted by Crippen LogP contribution is -2.07. The zero-order valence-electron chi connectivity index (χ0n) is 19.4. The van der Waals surface area contributed by atoms with Gasteiger partial charge in [-0.15, -0.1) is 6.58 Å². The van der Waals surface area contributed by atoms with Gasteiger partial charge in [0, 0.05) is 6.42 Å². The fourth-order valence-corrected chi connectivity index (χ4v) is 3.67. The molecule has 4 heteroatoms. The van der Waals surface area contributed by atoms with E-state index < -0.39 is 11.4 Å². The van der Waals surface area contributed by atoms with E-state index in [-0.39, 0.29) is 11.1 Å². The van der Waals surface area contributed by atoms with Crippen LogP contribution in [0.3, 0.4) is 0 Å². The molecule has 0 amide bonds. The first-order valence-electron chi connectivity index (χ1n) is 11.8. The third-order valence-corrected chi connectivity index (χ3v) is 5.63. The monoisotopic (exact) mass is 448 g/mol. The SMILES string of the molecule is C=CCC/C=C/CCc1ccc(CCc2cc3ccc(OCCCC)c(F)c3c(=O)o2)cc1. The quantitative estimate of drug-likeness (QED) is 0.203. The molecule has 0 saturated heterocycles. The summed E-state index contributed by atoms with van der Waals surface area (Å²) in [6, 6.07) is 13.6. The Hall–Kier alpha value is -3.14. The number of hydrogen-bond acceptors (Lipinski definition) is 3. The van der Waals surface area contributed by atoms with Crippen LogP contribution in [-0.2, 0) is 19.3 Å². The van der Waals surface area contributed by atoms with Gasteiger partial charge in [-0.3, -0.25) is 0 Å². The summed E-state index contributed by atoms with van der Waals surface area (Å²) in [5.41, 5.74) is 1.82. The molecule has 0 N–H and O–H groups in total. The molecule has 0 unspecified atom stereocenters. The molecule has 0 bridgehead atoms. The molecule has 3 rings (SSSR count). The van der Waals surface area contributed by atoms with Gasteiger partial charge in [-0.2, -0.15) is 0 Å². The minimum atomic E-state index is -0.655. The molecule has 0 atom stereocenters. The largest absolute Gasteiger partial charge is 0.490 e. The fraction of sp³-hybridized carbons (Fsp3) is 0.345. The summed E-state index contributed by atoms with van der Waals surface area (Å²) in [6.07, 6.45) is 13.6. The van der Waals surface area contributed by atoms with Crippen molar-refractivity contribution in [1.29, 1.82) is 0 Å². The van der Waals surface area contributed by atoms with Gasteiger partial charge in [0.25, 0.3) is 0 Å². The van der Waals surface area contributed by atoms with Crippen LogP contribution < -0.4 is 10.4 Å². The molecule has 0 radical (unpaired) electrons. The first kappa shape index (κ1) is 24.5. The van der Waals surface area contributed by atoms with Crippen LogP contribution in [0.15, 0.2) is 76.5 Å². The molecular formula is C29H33FO3. The van der Waals surface area contributed by atoms with Crippen molar-refractivity contribution < 1.29 is 13.5 Å².